The zero-order valence-corrected chi connectivity index (χ0v) is 14.0. The third-order valence-corrected chi connectivity index (χ3v) is 4.76. The van der Waals surface area contributed by atoms with E-state index in [1.807, 2.05) is 12.1 Å². The zero-order valence-electron chi connectivity index (χ0n) is 8.53. The normalized spacial score (nSPS) is 11.4. The molecule has 0 aliphatic heterocycles. The van der Waals surface area contributed by atoms with Crippen molar-refractivity contribution in [2.24, 2.45) is 0 Å². The van der Waals surface area contributed by atoms with Gasteiger partial charge in [0, 0.05) is 0 Å². The Hall–Kier alpha value is -1.09. The van der Waals surface area contributed by atoms with Crippen LogP contribution < -0.4 is 5.63 Å². The summed E-state index contributed by atoms with van der Waals surface area (Å²) in [5, 5.41) is 1.90. The molecule has 0 unspecified atom stereocenters. The van der Waals surface area contributed by atoms with E-state index in [2.05, 4.69) is 0 Å². The fraction of sp³-hybridized carbons (Fsp3) is 0.0833. The van der Waals surface area contributed by atoms with Crippen LogP contribution in [0.2, 0.25) is 0 Å². The summed E-state index contributed by atoms with van der Waals surface area (Å²) in [5.41, 5.74) is 2.28. The molecule has 2 aromatic heterocycles. The van der Waals surface area contributed by atoms with Crippen LogP contribution in [0.15, 0.2) is 44.2 Å². The van der Waals surface area contributed by atoms with Gasteiger partial charge in [-0.2, -0.15) is 0 Å². The van der Waals surface area contributed by atoms with Gasteiger partial charge in [0.05, 0.1) is 0 Å². The second kappa shape index (κ2) is 3.73. The van der Waals surface area contributed by atoms with Gasteiger partial charge in [0.15, 0.2) is 0 Å². The van der Waals surface area contributed by atoms with Crippen molar-refractivity contribution in [2.45, 2.75) is 3.93 Å². The third-order valence-electron chi connectivity index (χ3n) is 2.67. The molecule has 0 amide bonds. The Labute approximate surface area is 107 Å². The molecular formula is C12H7HgO3. The van der Waals surface area contributed by atoms with Crippen molar-refractivity contribution in [1.29, 1.82) is 0 Å². The molecule has 0 spiro atoms. The molecule has 0 saturated carbocycles. The standard InChI is InChI=1S/C12H7O3.Hg/c1-7-6-14-9-4-2-8-3-5-10(13)15-12(8)11(7)9;/h2-6H,1H2;. The van der Waals surface area contributed by atoms with Gasteiger partial charge in [0.25, 0.3) is 0 Å². The van der Waals surface area contributed by atoms with Gasteiger partial charge in [-0.3, -0.25) is 0 Å². The molecule has 3 rings (SSSR count). The minimum absolute atomic E-state index is 0.314. The molecule has 0 atom stereocenters. The van der Waals surface area contributed by atoms with Gasteiger partial charge in [-0.25, -0.2) is 0 Å². The van der Waals surface area contributed by atoms with Gasteiger partial charge >= 0.3 is 107 Å². The molecule has 0 N–H and O–H groups in total. The van der Waals surface area contributed by atoms with Crippen LogP contribution in [0.3, 0.4) is 0 Å². The van der Waals surface area contributed by atoms with Crippen LogP contribution in [-0.4, -0.2) is 0 Å². The summed E-state index contributed by atoms with van der Waals surface area (Å²) in [6.07, 6.45) is 1.77. The SMILES string of the molecule is O=c1ccc2ccc3occ([CH2][Hg])c3c2o1. The van der Waals surface area contributed by atoms with E-state index in [1.165, 1.54) is 6.07 Å². The number of furan rings is 1. The first-order valence-corrected chi connectivity index (χ1v) is 8.90. The maximum absolute atomic E-state index is 11.3. The van der Waals surface area contributed by atoms with E-state index in [1.54, 1.807) is 12.3 Å². The van der Waals surface area contributed by atoms with E-state index in [9.17, 15) is 4.79 Å². The molecule has 3 aromatic rings. The Kier molecular flexibility index (Phi) is 2.35. The second-order valence-electron chi connectivity index (χ2n) is 3.62. The summed E-state index contributed by atoms with van der Waals surface area (Å²) >= 11 is 0.660. The van der Waals surface area contributed by atoms with Crippen molar-refractivity contribution in [3.8, 4) is 0 Å². The van der Waals surface area contributed by atoms with Crippen LogP contribution in [0.25, 0.3) is 21.9 Å². The van der Waals surface area contributed by atoms with E-state index in [0.717, 1.165) is 25.8 Å². The van der Waals surface area contributed by atoms with Crippen LogP contribution in [0, 0.1) is 0 Å². The summed E-state index contributed by atoms with van der Waals surface area (Å²) < 4.78 is 11.8. The van der Waals surface area contributed by atoms with Crippen LogP contribution in [0.5, 0.6) is 0 Å². The quantitative estimate of drug-likeness (QED) is 0.466. The Bertz CT molecular complexity index is 724. The minimum atomic E-state index is -0.314. The first kappa shape index (κ1) is 10.1. The Morgan fingerprint density at radius 1 is 1.19 bits per heavy atom. The van der Waals surface area contributed by atoms with E-state index in [0.29, 0.717) is 31.7 Å². The Morgan fingerprint density at radius 2 is 2.00 bits per heavy atom. The van der Waals surface area contributed by atoms with Gasteiger partial charge in [0.2, 0.25) is 0 Å². The van der Waals surface area contributed by atoms with E-state index >= 15 is 0 Å². The van der Waals surface area contributed by atoms with Gasteiger partial charge < -0.3 is 0 Å². The van der Waals surface area contributed by atoms with E-state index in [4.69, 9.17) is 8.83 Å². The average molecular weight is 400 g/mol. The van der Waals surface area contributed by atoms with Crippen molar-refractivity contribution >= 4 is 21.9 Å². The fourth-order valence-corrected chi connectivity index (χ4v) is 3.32. The Morgan fingerprint density at radius 3 is 2.81 bits per heavy atom. The van der Waals surface area contributed by atoms with Crippen molar-refractivity contribution in [3.05, 3.63) is 46.5 Å². The number of hydrogen-bond donors (Lipinski definition) is 0. The van der Waals surface area contributed by atoms with Crippen molar-refractivity contribution in [1.82, 2.24) is 0 Å². The first-order chi connectivity index (χ1) is 7.79. The molecule has 4 heteroatoms. The number of rotatable bonds is 1. The molecular weight excluding hydrogens is 393 g/mol. The molecule has 16 heavy (non-hydrogen) atoms. The molecule has 0 aliphatic rings. The molecule has 0 saturated heterocycles. The van der Waals surface area contributed by atoms with Crippen LogP contribution >= 0.6 is 0 Å². The van der Waals surface area contributed by atoms with Crippen LogP contribution in [-0.2, 0) is 30.1 Å². The predicted octanol–water partition coefficient (Wildman–Crippen LogP) is 2.59. The molecule has 0 aliphatic carbocycles. The molecule has 0 fully saturated rings. The maximum atomic E-state index is 11.3. The van der Waals surface area contributed by atoms with Crippen molar-refractivity contribution in [2.75, 3.05) is 0 Å². The van der Waals surface area contributed by atoms with Crippen LogP contribution in [0.1, 0.15) is 5.56 Å². The van der Waals surface area contributed by atoms with Gasteiger partial charge in [-0.1, -0.05) is 0 Å². The first-order valence-electron chi connectivity index (χ1n) is 5.02. The molecule has 75 valence electrons. The molecule has 0 bridgehead atoms. The van der Waals surface area contributed by atoms with E-state index in [-0.39, 0.29) is 5.63 Å². The fourth-order valence-electron chi connectivity index (χ4n) is 1.89. The predicted molar refractivity (Wildman–Crippen MR) is 56.0 cm³/mol. The topological polar surface area (TPSA) is 43.4 Å². The average Bonchev–Trinajstić information content (AvgIpc) is 2.72. The number of fused-ring (bicyclic) bond motifs is 3. The zero-order chi connectivity index (χ0) is 11.1. The number of hydrogen-bond acceptors (Lipinski definition) is 3. The van der Waals surface area contributed by atoms with Gasteiger partial charge in [0.1, 0.15) is 0 Å². The molecule has 3 nitrogen and oxygen atoms in total. The molecule has 1 aromatic carbocycles. The molecule has 0 radical (unpaired) electrons. The third kappa shape index (κ3) is 1.42. The van der Waals surface area contributed by atoms with Crippen molar-refractivity contribution in [3.63, 3.8) is 0 Å². The summed E-state index contributed by atoms with van der Waals surface area (Å²) in [7, 11) is 0. The monoisotopic (exact) mass is 401 g/mol. The van der Waals surface area contributed by atoms with Crippen LogP contribution in [0.4, 0.5) is 0 Å². The summed E-state index contributed by atoms with van der Waals surface area (Å²) in [6.45, 7) is 0. The summed E-state index contributed by atoms with van der Waals surface area (Å²) in [4.78, 5) is 11.3. The Balaban J connectivity index is 2.59. The number of benzene rings is 1. The van der Waals surface area contributed by atoms with Gasteiger partial charge in [-0.15, -0.1) is 0 Å². The van der Waals surface area contributed by atoms with Crippen molar-refractivity contribution < 1.29 is 35.0 Å². The van der Waals surface area contributed by atoms with Gasteiger partial charge in [-0.05, 0) is 0 Å². The second-order valence-corrected chi connectivity index (χ2v) is 5.57. The summed E-state index contributed by atoms with van der Waals surface area (Å²) in [6, 6.07) is 7.06. The molecule has 2 heterocycles. The summed E-state index contributed by atoms with van der Waals surface area (Å²) in [5.74, 6) is 0. The van der Waals surface area contributed by atoms with E-state index < -0.39 is 0 Å².